The molecule has 5 nitrogen and oxygen atoms in total. The summed E-state index contributed by atoms with van der Waals surface area (Å²) in [5, 5.41) is 9.05. The maximum absolute atomic E-state index is 5.38. The molecule has 2 aromatic heterocycles. The maximum atomic E-state index is 5.38. The number of ether oxygens (including phenoxy) is 1. The summed E-state index contributed by atoms with van der Waals surface area (Å²) >= 11 is 1.73. The molecule has 1 aliphatic rings. The summed E-state index contributed by atoms with van der Waals surface area (Å²) in [6.07, 6.45) is 5.09. The molecular formula is C18H25N3O2S. The minimum atomic E-state index is 0.327. The number of hydrogen-bond acceptors (Lipinski definition) is 4. The van der Waals surface area contributed by atoms with E-state index in [0.29, 0.717) is 25.1 Å². The van der Waals surface area contributed by atoms with Crippen LogP contribution in [-0.2, 0) is 17.7 Å². The molecule has 0 radical (unpaired) electrons. The van der Waals surface area contributed by atoms with E-state index in [0.717, 1.165) is 24.7 Å². The highest BCUT2D eigenvalue weighted by Crippen LogP contribution is 2.32. The number of nitrogens with zero attached hydrogens (tertiary/aromatic N) is 1. The number of guanidine groups is 1. The number of methoxy groups -OCH3 is 1. The number of rotatable bonds is 9. The normalized spacial score (nSPS) is 16.1. The first-order valence-electron chi connectivity index (χ1n) is 8.43. The van der Waals surface area contributed by atoms with Crippen molar-refractivity contribution < 1.29 is 9.15 Å². The monoisotopic (exact) mass is 347 g/mol. The summed E-state index contributed by atoms with van der Waals surface area (Å²) < 4.78 is 10.7. The van der Waals surface area contributed by atoms with Crippen LogP contribution in [0.4, 0.5) is 0 Å². The zero-order valence-corrected chi connectivity index (χ0v) is 14.8. The Morgan fingerprint density at radius 2 is 2.33 bits per heavy atom. The van der Waals surface area contributed by atoms with E-state index >= 15 is 0 Å². The maximum Gasteiger partial charge on any atom is 0.191 e. The van der Waals surface area contributed by atoms with Gasteiger partial charge < -0.3 is 19.8 Å². The molecule has 6 heteroatoms. The van der Waals surface area contributed by atoms with Gasteiger partial charge >= 0.3 is 0 Å². The summed E-state index contributed by atoms with van der Waals surface area (Å²) in [7, 11) is 1.75. The van der Waals surface area contributed by atoms with Gasteiger partial charge in [-0.25, -0.2) is 4.99 Å². The smallest absolute Gasteiger partial charge is 0.191 e. The molecule has 0 saturated heterocycles. The number of nitrogens with one attached hydrogen (secondary N) is 2. The van der Waals surface area contributed by atoms with Crippen molar-refractivity contribution in [3.05, 3.63) is 46.5 Å². The predicted molar refractivity (Wildman–Crippen MR) is 97.4 cm³/mol. The van der Waals surface area contributed by atoms with Crippen LogP contribution in [0.1, 0.15) is 23.5 Å². The van der Waals surface area contributed by atoms with Crippen molar-refractivity contribution in [3.63, 3.8) is 0 Å². The second-order valence-corrected chi connectivity index (χ2v) is 7.08. The summed E-state index contributed by atoms with van der Waals surface area (Å²) in [6.45, 7) is 2.19. The number of hydrogen-bond donors (Lipinski definition) is 2. The van der Waals surface area contributed by atoms with E-state index in [-0.39, 0.29) is 0 Å². The van der Waals surface area contributed by atoms with Crippen LogP contribution >= 0.6 is 11.3 Å². The molecule has 0 bridgehead atoms. The van der Waals surface area contributed by atoms with Crippen molar-refractivity contribution in [2.24, 2.45) is 10.9 Å². The Kier molecular flexibility index (Phi) is 6.32. The van der Waals surface area contributed by atoms with Crippen LogP contribution < -0.4 is 10.6 Å². The van der Waals surface area contributed by atoms with Gasteiger partial charge in [-0.2, -0.15) is 0 Å². The zero-order valence-electron chi connectivity index (χ0n) is 14.0. The third-order valence-corrected chi connectivity index (χ3v) is 4.94. The molecule has 3 rings (SSSR count). The van der Waals surface area contributed by atoms with Gasteiger partial charge in [-0.15, -0.1) is 11.3 Å². The van der Waals surface area contributed by atoms with E-state index in [4.69, 9.17) is 14.1 Å². The Morgan fingerprint density at radius 3 is 3.00 bits per heavy atom. The van der Waals surface area contributed by atoms with Gasteiger partial charge in [0, 0.05) is 25.0 Å². The fraction of sp³-hybridized carbons (Fsp3) is 0.500. The molecule has 0 amide bonds. The van der Waals surface area contributed by atoms with Crippen molar-refractivity contribution in [3.8, 4) is 0 Å². The lowest BCUT2D eigenvalue weighted by atomic mass is 10.2. The summed E-state index contributed by atoms with van der Waals surface area (Å²) in [5.41, 5.74) is 0. The largest absolute Gasteiger partial charge is 0.469 e. The molecule has 2 heterocycles. The minimum Gasteiger partial charge on any atom is -0.469 e. The van der Waals surface area contributed by atoms with Crippen LogP contribution in [0.3, 0.4) is 0 Å². The second kappa shape index (κ2) is 8.89. The zero-order chi connectivity index (χ0) is 16.6. The van der Waals surface area contributed by atoms with Gasteiger partial charge in [0.25, 0.3) is 0 Å². The average molecular weight is 347 g/mol. The molecular weight excluding hydrogens is 322 g/mol. The highest BCUT2D eigenvalue weighted by atomic mass is 32.1. The lowest BCUT2D eigenvalue weighted by Crippen LogP contribution is -2.47. The number of aliphatic imine (C=N–C) groups is 1. The van der Waals surface area contributed by atoms with Crippen molar-refractivity contribution in [1.29, 1.82) is 0 Å². The van der Waals surface area contributed by atoms with Gasteiger partial charge in [-0.1, -0.05) is 6.07 Å². The topological polar surface area (TPSA) is 58.8 Å². The molecule has 2 aromatic rings. The lowest BCUT2D eigenvalue weighted by molar-refractivity contribution is 0.165. The molecule has 1 atom stereocenters. The molecule has 1 saturated carbocycles. The van der Waals surface area contributed by atoms with Crippen LogP contribution in [0.15, 0.2) is 45.3 Å². The SMILES string of the molecule is COCC(NC(=NCc1cccs1)NCCc1ccco1)C1CC1. The van der Waals surface area contributed by atoms with Crippen LogP contribution in [0.25, 0.3) is 0 Å². The fourth-order valence-electron chi connectivity index (χ4n) is 2.62. The van der Waals surface area contributed by atoms with Gasteiger partial charge in [-0.3, -0.25) is 0 Å². The molecule has 0 aliphatic heterocycles. The second-order valence-electron chi connectivity index (χ2n) is 6.04. The Balaban J connectivity index is 1.57. The van der Waals surface area contributed by atoms with Crippen molar-refractivity contribution in [2.45, 2.75) is 31.8 Å². The van der Waals surface area contributed by atoms with Crippen molar-refractivity contribution in [2.75, 3.05) is 20.3 Å². The third-order valence-electron chi connectivity index (χ3n) is 4.08. The van der Waals surface area contributed by atoms with Gasteiger partial charge in [0.15, 0.2) is 5.96 Å². The number of thiophene rings is 1. The summed E-state index contributed by atoms with van der Waals surface area (Å²) in [5.74, 6) is 2.53. The molecule has 130 valence electrons. The standard InChI is InChI=1S/C18H25N3O2S/c1-22-13-17(14-6-7-14)21-18(20-12-16-5-3-11-24-16)19-9-8-15-4-2-10-23-15/h2-5,10-11,14,17H,6-9,12-13H2,1H3,(H2,19,20,21). The van der Waals surface area contributed by atoms with Crippen LogP contribution in [0.5, 0.6) is 0 Å². The Hall–Kier alpha value is -1.79. The van der Waals surface area contributed by atoms with E-state index in [1.54, 1.807) is 24.7 Å². The van der Waals surface area contributed by atoms with E-state index in [1.807, 2.05) is 12.1 Å². The van der Waals surface area contributed by atoms with Gasteiger partial charge in [0.1, 0.15) is 5.76 Å². The van der Waals surface area contributed by atoms with Crippen molar-refractivity contribution in [1.82, 2.24) is 10.6 Å². The Labute approximate surface area is 147 Å². The predicted octanol–water partition coefficient (Wildman–Crippen LogP) is 3.04. The molecule has 0 spiro atoms. The fourth-order valence-corrected chi connectivity index (χ4v) is 3.25. The molecule has 1 fully saturated rings. The quantitative estimate of drug-likeness (QED) is 0.541. The highest BCUT2D eigenvalue weighted by Gasteiger charge is 2.31. The van der Waals surface area contributed by atoms with Crippen LogP contribution in [0.2, 0.25) is 0 Å². The Bertz CT molecular complexity index is 606. The first-order valence-corrected chi connectivity index (χ1v) is 9.31. The van der Waals surface area contributed by atoms with E-state index in [9.17, 15) is 0 Å². The first-order chi connectivity index (χ1) is 11.8. The molecule has 2 N–H and O–H groups in total. The summed E-state index contributed by atoms with van der Waals surface area (Å²) in [6, 6.07) is 8.41. The summed E-state index contributed by atoms with van der Waals surface area (Å²) in [4.78, 5) is 6.00. The van der Waals surface area contributed by atoms with Crippen molar-refractivity contribution >= 4 is 17.3 Å². The molecule has 1 aliphatic carbocycles. The minimum absolute atomic E-state index is 0.327. The molecule has 1 unspecified atom stereocenters. The molecule has 0 aromatic carbocycles. The first kappa shape index (κ1) is 17.0. The van der Waals surface area contributed by atoms with Crippen LogP contribution in [0, 0.1) is 5.92 Å². The van der Waals surface area contributed by atoms with E-state index in [1.165, 1.54) is 17.7 Å². The van der Waals surface area contributed by atoms with E-state index in [2.05, 4.69) is 28.1 Å². The number of furan rings is 1. The van der Waals surface area contributed by atoms with Gasteiger partial charge in [-0.05, 0) is 42.3 Å². The average Bonchev–Trinajstić information content (AvgIpc) is 3.07. The third kappa shape index (κ3) is 5.39. The highest BCUT2D eigenvalue weighted by molar-refractivity contribution is 7.09. The van der Waals surface area contributed by atoms with Crippen LogP contribution in [-0.4, -0.2) is 32.3 Å². The molecule has 24 heavy (non-hydrogen) atoms. The lowest BCUT2D eigenvalue weighted by Gasteiger charge is -2.21. The van der Waals surface area contributed by atoms with Gasteiger partial charge in [0.05, 0.1) is 25.5 Å². The van der Waals surface area contributed by atoms with Gasteiger partial charge in [0.2, 0.25) is 0 Å². The Morgan fingerprint density at radius 1 is 1.42 bits per heavy atom. The van der Waals surface area contributed by atoms with E-state index < -0.39 is 0 Å².